The van der Waals surface area contributed by atoms with Crippen LogP contribution in [0.5, 0.6) is 5.75 Å². The van der Waals surface area contributed by atoms with Crippen LogP contribution in [0.25, 0.3) is 0 Å². The van der Waals surface area contributed by atoms with Crippen molar-refractivity contribution in [2.75, 3.05) is 48.9 Å². The molecule has 3 aromatic rings. The van der Waals surface area contributed by atoms with Crippen molar-refractivity contribution in [2.24, 2.45) is 0 Å². The lowest BCUT2D eigenvalue weighted by molar-refractivity contribution is 0.122. The van der Waals surface area contributed by atoms with E-state index < -0.39 is 0 Å². The number of hydrogen-bond acceptors (Lipinski definition) is 8. The Morgan fingerprint density at radius 3 is 2.33 bits per heavy atom. The number of aryl methyl sites for hydroxylation is 2. The van der Waals surface area contributed by atoms with E-state index in [9.17, 15) is 0 Å². The van der Waals surface area contributed by atoms with Gasteiger partial charge in [-0.2, -0.15) is 15.0 Å². The summed E-state index contributed by atoms with van der Waals surface area (Å²) in [5.74, 6) is 2.26. The van der Waals surface area contributed by atoms with E-state index in [1.807, 2.05) is 24.3 Å². The maximum atomic E-state index is 5.47. The van der Waals surface area contributed by atoms with E-state index in [0.717, 1.165) is 41.3 Å². The zero-order valence-electron chi connectivity index (χ0n) is 17.5. The number of hydrogen-bond donors (Lipinski definition) is 2. The molecule has 0 aliphatic carbocycles. The lowest BCUT2D eigenvalue weighted by Gasteiger charge is -2.27. The smallest absolute Gasteiger partial charge is 0.233 e. The first-order valence-corrected chi connectivity index (χ1v) is 9.95. The summed E-state index contributed by atoms with van der Waals surface area (Å²) in [6, 6.07) is 13.9. The zero-order chi connectivity index (χ0) is 20.9. The predicted octanol–water partition coefficient (Wildman–Crippen LogP) is 3.82. The van der Waals surface area contributed by atoms with Crippen molar-refractivity contribution < 1.29 is 9.47 Å². The van der Waals surface area contributed by atoms with Gasteiger partial charge in [-0.25, -0.2) is 0 Å². The molecule has 0 spiro atoms. The van der Waals surface area contributed by atoms with Crippen LogP contribution in [0.3, 0.4) is 0 Å². The minimum atomic E-state index is 0.448. The molecule has 1 aliphatic heterocycles. The van der Waals surface area contributed by atoms with Crippen molar-refractivity contribution in [3.8, 4) is 5.75 Å². The van der Waals surface area contributed by atoms with Gasteiger partial charge in [0.2, 0.25) is 17.8 Å². The van der Waals surface area contributed by atoms with Crippen molar-refractivity contribution in [1.29, 1.82) is 0 Å². The van der Waals surface area contributed by atoms with Crippen LogP contribution in [0, 0.1) is 13.8 Å². The molecule has 2 heterocycles. The molecule has 2 aromatic carbocycles. The first kappa shape index (κ1) is 19.9. The Balaban J connectivity index is 1.69. The van der Waals surface area contributed by atoms with E-state index in [-0.39, 0.29) is 0 Å². The Hall–Kier alpha value is -3.39. The van der Waals surface area contributed by atoms with Crippen LogP contribution in [-0.2, 0) is 4.74 Å². The molecule has 2 N–H and O–H groups in total. The highest BCUT2D eigenvalue weighted by Crippen LogP contribution is 2.28. The molecule has 30 heavy (non-hydrogen) atoms. The Morgan fingerprint density at radius 1 is 0.900 bits per heavy atom. The van der Waals surface area contributed by atoms with Gasteiger partial charge >= 0.3 is 0 Å². The fourth-order valence-electron chi connectivity index (χ4n) is 3.24. The van der Waals surface area contributed by atoms with Gasteiger partial charge in [-0.1, -0.05) is 24.3 Å². The summed E-state index contributed by atoms with van der Waals surface area (Å²) in [6.45, 7) is 6.90. The van der Waals surface area contributed by atoms with Crippen LogP contribution in [0.15, 0.2) is 42.5 Å². The Labute approximate surface area is 176 Å². The molecule has 0 bridgehead atoms. The van der Waals surface area contributed by atoms with Gasteiger partial charge in [0.15, 0.2) is 0 Å². The SMILES string of the molecule is COc1ccccc1Nc1nc(Nc2cc(C)ccc2C)nc(N2CCOCC2)n1. The maximum Gasteiger partial charge on any atom is 0.233 e. The van der Waals surface area contributed by atoms with Gasteiger partial charge in [0, 0.05) is 18.8 Å². The number of benzene rings is 2. The van der Waals surface area contributed by atoms with Gasteiger partial charge in [-0.3, -0.25) is 0 Å². The van der Waals surface area contributed by atoms with E-state index in [0.29, 0.717) is 31.1 Å². The largest absolute Gasteiger partial charge is 0.495 e. The lowest BCUT2D eigenvalue weighted by atomic mass is 10.1. The average Bonchev–Trinajstić information content (AvgIpc) is 2.77. The van der Waals surface area contributed by atoms with Crippen LogP contribution >= 0.6 is 0 Å². The van der Waals surface area contributed by atoms with E-state index in [1.54, 1.807) is 7.11 Å². The van der Waals surface area contributed by atoms with E-state index in [1.165, 1.54) is 0 Å². The van der Waals surface area contributed by atoms with Crippen molar-refractivity contribution in [3.05, 3.63) is 53.6 Å². The molecule has 1 aliphatic rings. The van der Waals surface area contributed by atoms with Crippen molar-refractivity contribution in [2.45, 2.75) is 13.8 Å². The first-order valence-electron chi connectivity index (χ1n) is 9.95. The summed E-state index contributed by atoms with van der Waals surface area (Å²) in [5.41, 5.74) is 4.04. The molecule has 1 aromatic heterocycles. The zero-order valence-corrected chi connectivity index (χ0v) is 17.5. The molecule has 8 nitrogen and oxygen atoms in total. The number of anilines is 5. The number of nitrogens with zero attached hydrogens (tertiary/aromatic N) is 4. The minimum absolute atomic E-state index is 0.448. The topological polar surface area (TPSA) is 84.4 Å². The van der Waals surface area contributed by atoms with E-state index >= 15 is 0 Å². The van der Waals surface area contributed by atoms with Crippen LogP contribution < -0.4 is 20.3 Å². The minimum Gasteiger partial charge on any atom is -0.495 e. The molecule has 0 saturated carbocycles. The van der Waals surface area contributed by atoms with Crippen molar-refractivity contribution in [1.82, 2.24) is 15.0 Å². The molecule has 8 heteroatoms. The Kier molecular flexibility index (Phi) is 5.94. The highest BCUT2D eigenvalue weighted by atomic mass is 16.5. The number of aromatic nitrogens is 3. The second-order valence-corrected chi connectivity index (χ2v) is 7.15. The van der Waals surface area contributed by atoms with E-state index in [4.69, 9.17) is 9.47 Å². The number of morpholine rings is 1. The molecule has 0 unspecified atom stereocenters. The maximum absolute atomic E-state index is 5.47. The van der Waals surface area contributed by atoms with Crippen molar-refractivity contribution >= 4 is 29.2 Å². The summed E-state index contributed by atoms with van der Waals surface area (Å²) in [7, 11) is 1.64. The van der Waals surface area contributed by atoms with E-state index in [2.05, 4.69) is 62.5 Å². The monoisotopic (exact) mass is 406 g/mol. The van der Waals surface area contributed by atoms with Gasteiger partial charge < -0.3 is 25.0 Å². The number of methoxy groups -OCH3 is 1. The fraction of sp³-hybridized carbons (Fsp3) is 0.318. The van der Waals surface area contributed by atoms with Crippen LogP contribution in [0.1, 0.15) is 11.1 Å². The normalized spacial score (nSPS) is 13.8. The Bertz CT molecular complexity index is 1020. The first-order chi connectivity index (χ1) is 14.6. The van der Waals surface area contributed by atoms with Crippen LogP contribution in [0.4, 0.5) is 29.2 Å². The third-order valence-corrected chi connectivity index (χ3v) is 4.91. The van der Waals surface area contributed by atoms with Gasteiger partial charge in [-0.15, -0.1) is 0 Å². The summed E-state index contributed by atoms with van der Waals surface area (Å²) in [5, 5.41) is 6.63. The summed E-state index contributed by atoms with van der Waals surface area (Å²) >= 11 is 0. The number of rotatable bonds is 6. The highest BCUT2D eigenvalue weighted by molar-refractivity contribution is 5.65. The molecule has 4 rings (SSSR count). The highest BCUT2D eigenvalue weighted by Gasteiger charge is 2.17. The number of para-hydroxylation sites is 2. The third-order valence-electron chi connectivity index (χ3n) is 4.91. The molecule has 1 fully saturated rings. The molecule has 0 amide bonds. The molecule has 1 saturated heterocycles. The van der Waals surface area contributed by atoms with Gasteiger partial charge in [0.25, 0.3) is 0 Å². The molecule has 156 valence electrons. The summed E-state index contributed by atoms with van der Waals surface area (Å²) < 4.78 is 10.9. The quantitative estimate of drug-likeness (QED) is 0.639. The van der Waals surface area contributed by atoms with Gasteiger partial charge in [0.1, 0.15) is 5.75 Å². The Morgan fingerprint density at radius 2 is 1.60 bits per heavy atom. The second kappa shape index (κ2) is 8.96. The average molecular weight is 406 g/mol. The summed E-state index contributed by atoms with van der Waals surface area (Å²) in [4.78, 5) is 16.0. The third kappa shape index (κ3) is 4.60. The second-order valence-electron chi connectivity index (χ2n) is 7.15. The summed E-state index contributed by atoms with van der Waals surface area (Å²) in [6.07, 6.45) is 0. The van der Waals surface area contributed by atoms with Crippen LogP contribution in [0.2, 0.25) is 0 Å². The standard InChI is InChI=1S/C22H26N6O2/c1-15-8-9-16(2)18(14-15)24-21-25-20(23-17-6-4-5-7-19(17)29-3)26-22(27-21)28-10-12-30-13-11-28/h4-9,14H,10-13H2,1-3H3,(H2,23,24,25,26,27). The molecular formula is C22H26N6O2. The molecule has 0 atom stereocenters. The van der Waals surface area contributed by atoms with Gasteiger partial charge in [-0.05, 0) is 43.2 Å². The van der Waals surface area contributed by atoms with Crippen LogP contribution in [-0.4, -0.2) is 48.4 Å². The van der Waals surface area contributed by atoms with Gasteiger partial charge in [0.05, 0.1) is 26.0 Å². The fourth-order valence-corrected chi connectivity index (χ4v) is 3.24. The molecular weight excluding hydrogens is 380 g/mol. The number of ether oxygens (including phenoxy) is 2. The molecule has 0 radical (unpaired) electrons. The van der Waals surface area contributed by atoms with Crippen molar-refractivity contribution in [3.63, 3.8) is 0 Å². The lowest BCUT2D eigenvalue weighted by Crippen LogP contribution is -2.37. The number of nitrogens with one attached hydrogen (secondary N) is 2. The predicted molar refractivity (Wildman–Crippen MR) is 118 cm³/mol.